The first-order chi connectivity index (χ1) is 11.5. The summed E-state index contributed by atoms with van der Waals surface area (Å²) in [5, 5.41) is 16.3. The molecule has 0 saturated carbocycles. The minimum Gasteiger partial charge on any atom is -0.486 e. The van der Waals surface area contributed by atoms with E-state index in [1.807, 2.05) is 0 Å². The van der Waals surface area contributed by atoms with Gasteiger partial charge in [-0.1, -0.05) is 11.6 Å². The monoisotopic (exact) mass is 353 g/mol. The van der Waals surface area contributed by atoms with Gasteiger partial charge in [0.05, 0.1) is 11.2 Å². The van der Waals surface area contributed by atoms with E-state index in [9.17, 15) is 9.50 Å². The van der Waals surface area contributed by atoms with Crippen molar-refractivity contribution in [1.82, 2.24) is 15.3 Å². The molecule has 5 N–H and O–H groups in total. The van der Waals surface area contributed by atoms with E-state index in [1.54, 1.807) is 18.2 Å². The van der Waals surface area contributed by atoms with Crippen molar-refractivity contribution in [3.63, 3.8) is 0 Å². The lowest BCUT2D eigenvalue weighted by atomic mass is 10.1. The summed E-state index contributed by atoms with van der Waals surface area (Å²) in [7, 11) is 0. The molecule has 1 aromatic heterocycles. The van der Waals surface area contributed by atoms with Gasteiger partial charge < -0.3 is 26.2 Å². The number of piperidine rings is 1. The van der Waals surface area contributed by atoms with E-state index < -0.39 is 11.9 Å². The van der Waals surface area contributed by atoms with Gasteiger partial charge in [-0.15, -0.1) is 0 Å². The maximum atomic E-state index is 13.1. The van der Waals surface area contributed by atoms with E-state index in [0.717, 1.165) is 12.7 Å². The average molecular weight is 354 g/mol. The Balaban J connectivity index is 1.71. The number of nitrogens with two attached hydrogens (primary N) is 1. The molecule has 128 valence electrons. The second-order valence-electron chi connectivity index (χ2n) is 5.41. The second kappa shape index (κ2) is 7.16. The van der Waals surface area contributed by atoms with Crippen LogP contribution in [0.25, 0.3) is 0 Å². The van der Waals surface area contributed by atoms with Crippen LogP contribution in [0.3, 0.4) is 0 Å². The molecule has 7 nitrogen and oxygen atoms in total. The Labute approximate surface area is 143 Å². The van der Waals surface area contributed by atoms with Crippen LogP contribution >= 0.6 is 11.6 Å². The second-order valence-corrected chi connectivity index (χ2v) is 5.82. The minimum absolute atomic E-state index is 0.160. The van der Waals surface area contributed by atoms with Crippen LogP contribution in [0.2, 0.25) is 5.02 Å². The molecule has 24 heavy (non-hydrogen) atoms. The largest absolute Gasteiger partial charge is 0.486 e. The summed E-state index contributed by atoms with van der Waals surface area (Å²) in [6.07, 6.45) is 0.800. The highest BCUT2D eigenvalue weighted by atomic mass is 35.5. The van der Waals surface area contributed by atoms with E-state index in [-0.39, 0.29) is 17.9 Å². The van der Waals surface area contributed by atoms with E-state index in [0.29, 0.717) is 29.4 Å². The van der Waals surface area contributed by atoms with Crippen LogP contribution in [-0.2, 0) is 0 Å². The first-order valence-corrected chi connectivity index (χ1v) is 7.81. The van der Waals surface area contributed by atoms with Gasteiger partial charge in [-0.2, -0.15) is 4.98 Å². The van der Waals surface area contributed by atoms with Gasteiger partial charge in [-0.3, -0.25) is 0 Å². The number of hydrogen-bond acceptors (Lipinski definition) is 7. The number of halogens is 2. The van der Waals surface area contributed by atoms with E-state index >= 15 is 0 Å². The smallest absolute Gasteiger partial charge is 0.229 e. The van der Waals surface area contributed by atoms with Crippen LogP contribution in [0, 0.1) is 5.82 Å². The number of β-amino-alcohol motifs (C(OH)–C–C–N with tert-alkyl or cyclic N) is 1. The van der Waals surface area contributed by atoms with Crippen molar-refractivity contribution in [2.45, 2.75) is 18.6 Å². The van der Waals surface area contributed by atoms with Gasteiger partial charge in [-0.25, -0.2) is 9.37 Å². The van der Waals surface area contributed by atoms with Crippen LogP contribution in [0.1, 0.15) is 6.42 Å². The highest BCUT2D eigenvalue weighted by Crippen LogP contribution is 2.30. The summed E-state index contributed by atoms with van der Waals surface area (Å²) < 4.78 is 18.9. The Morgan fingerprint density at radius 3 is 3.00 bits per heavy atom. The quantitative estimate of drug-likeness (QED) is 0.663. The van der Waals surface area contributed by atoms with Crippen molar-refractivity contribution in [3.05, 3.63) is 35.2 Å². The first kappa shape index (κ1) is 16.7. The van der Waals surface area contributed by atoms with Crippen molar-refractivity contribution < 1.29 is 14.2 Å². The SMILES string of the molecule is Nc1nc(Nc2ccc(OC3CCNCC3O)c(Cl)c2)ncc1F. The summed E-state index contributed by atoms with van der Waals surface area (Å²) >= 11 is 6.23. The maximum absolute atomic E-state index is 13.1. The number of anilines is 3. The number of nitrogens with one attached hydrogen (secondary N) is 2. The zero-order chi connectivity index (χ0) is 17.1. The normalized spacial score (nSPS) is 20.6. The van der Waals surface area contributed by atoms with Crippen molar-refractivity contribution in [3.8, 4) is 5.75 Å². The predicted octanol–water partition coefficient (Wildman–Crippen LogP) is 1.70. The third kappa shape index (κ3) is 3.84. The molecular formula is C15H17ClFN5O2. The number of benzene rings is 1. The van der Waals surface area contributed by atoms with Crippen LogP contribution < -0.4 is 21.1 Å². The summed E-state index contributed by atoms with van der Waals surface area (Å²) in [5.74, 6) is -0.276. The van der Waals surface area contributed by atoms with Gasteiger partial charge in [-0.05, 0) is 31.2 Å². The molecule has 0 radical (unpaired) electrons. The lowest BCUT2D eigenvalue weighted by molar-refractivity contribution is 0.0163. The fourth-order valence-corrected chi connectivity index (χ4v) is 2.59. The first-order valence-electron chi connectivity index (χ1n) is 7.43. The van der Waals surface area contributed by atoms with E-state index in [1.165, 1.54) is 0 Å². The molecule has 0 spiro atoms. The molecule has 2 atom stereocenters. The van der Waals surface area contributed by atoms with Crippen molar-refractivity contribution in [2.24, 2.45) is 0 Å². The molecule has 1 fully saturated rings. The third-order valence-electron chi connectivity index (χ3n) is 3.63. The third-order valence-corrected chi connectivity index (χ3v) is 3.92. The predicted molar refractivity (Wildman–Crippen MR) is 89.0 cm³/mol. The van der Waals surface area contributed by atoms with E-state index in [2.05, 4.69) is 20.6 Å². The van der Waals surface area contributed by atoms with E-state index in [4.69, 9.17) is 22.1 Å². The average Bonchev–Trinajstić information content (AvgIpc) is 2.55. The molecule has 0 amide bonds. The van der Waals surface area contributed by atoms with Crippen LogP contribution in [-0.4, -0.2) is 40.4 Å². The number of nitrogens with zero attached hydrogens (tertiary/aromatic N) is 2. The van der Waals surface area contributed by atoms with Gasteiger partial charge >= 0.3 is 0 Å². The Hall–Kier alpha value is -2.16. The Bertz CT molecular complexity index is 733. The summed E-state index contributed by atoms with van der Waals surface area (Å²) in [6, 6.07) is 5.04. The lowest BCUT2D eigenvalue weighted by Gasteiger charge is -2.29. The molecule has 3 rings (SSSR count). The highest BCUT2D eigenvalue weighted by molar-refractivity contribution is 6.32. The molecule has 2 aromatic rings. The van der Waals surface area contributed by atoms with Crippen LogP contribution in [0.4, 0.5) is 21.8 Å². The fourth-order valence-electron chi connectivity index (χ4n) is 2.36. The molecular weight excluding hydrogens is 337 g/mol. The topological polar surface area (TPSA) is 105 Å². The zero-order valence-corrected chi connectivity index (χ0v) is 13.4. The molecule has 0 aliphatic carbocycles. The minimum atomic E-state index is -0.678. The molecule has 1 aliphatic heterocycles. The summed E-state index contributed by atoms with van der Waals surface area (Å²) in [4.78, 5) is 7.59. The summed E-state index contributed by atoms with van der Waals surface area (Å²) in [5.41, 5.74) is 6.01. The van der Waals surface area contributed by atoms with Gasteiger partial charge in [0.25, 0.3) is 0 Å². The number of aromatic nitrogens is 2. The summed E-state index contributed by atoms with van der Waals surface area (Å²) in [6.45, 7) is 1.27. The number of hydrogen-bond donors (Lipinski definition) is 4. The molecule has 1 aromatic carbocycles. The number of aliphatic hydroxyl groups excluding tert-OH is 1. The maximum Gasteiger partial charge on any atom is 0.229 e. The van der Waals surface area contributed by atoms with Crippen LogP contribution in [0.5, 0.6) is 5.75 Å². The Kier molecular flexibility index (Phi) is 4.98. The Morgan fingerprint density at radius 2 is 2.29 bits per heavy atom. The van der Waals surface area contributed by atoms with Gasteiger partial charge in [0.2, 0.25) is 5.95 Å². The highest BCUT2D eigenvalue weighted by Gasteiger charge is 2.25. The van der Waals surface area contributed by atoms with Crippen molar-refractivity contribution >= 4 is 29.1 Å². The molecule has 2 heterocycles. The molecule has 2 unspecified atom stereocenters. The number of rotatable bonds is 4. The number of nitrogen functional groups attached to an aromatic ring is 1. The molecule has 1 aliphatic rings. The molecule has 1 saturated heterocycles. The van der Waals surface area contributed by atoms with Crippen molar-refractivity contribution in [2.75, 3.05) is 24.1 Å². The van der Waals surface area contributed by atoms with Crippen LogP contribution in [0.15, 0.2) is 24.4 Å². The fraction of sp³-hybridized carbons (Fsp3) is 0.333. The number of aliphatic hydroxyl groups is 1. The van der Waals surface area contributed by atoms with Gasteiger partial charge in [0.15, 0.2) is 11.6 Å². The lowest BCUT2D eigenvalue weighted by Crippen LogP contribution is -2.46. The standard InChI is InChI=1S/C15H17ClFN5O2/c16-9-5-8(21-15-20-6-10(17)14(18)22-15)1-2-12(9)24-13-3-4-19-7-11(13)23/h1-2,5-6,11,13,19,23H,3-4,7H2,(H3,18,20,21,22). The Morgan fingerprint density at radius 1 is 1.46 bits per heavy atom. The van der Waals surface area contributed by atoms with Crippen molar-refractivity contribution in [1.29, 1.82) is 0 Å². The van der Waals surface area contributed by atoms with Gasteiger partial charge in [0, 0.05) is 12.2 Å². The zero-order valence-electron chi connectivity index (χ0n) is 12.7. The van der Waals surface area contributed by atoms with Gasteiger partial charge in [0.1, 0.15) is 18.0 Å². The molecule has 0 bridgehead atoms. The molecule has 9 heteroatoms. The number of ether oxygens (including phenoxy) is 1.